The summed E-state index contributed by atoms with van der Waals surface area (Å²) in [6.07, 6.45) is 0. The molecular formula is C14H19NO4S2. The summed E-state index contributed by atoms with van der Waals surface area (Å²) in [5.41, 5.74) is 1.09. The Hall–Kier alpha value is -1.21. The minimum absolute atomic E-state index is 0.0244. The van der Waals surface area contributed by atoms with Crippen molar-refractivity contribution in [2.75, 3.05) is 23.8 Å². The van der Waals surface area contributed by atoms with Gasteiger partial charge in [0.25, 0.3) is 5.91 Å². The molecule has 2 rings (SSSR count). The highest BCUT2D eigenvalue weighted by atomic mass is 32.2. The van der Waals surface area contributed by atoms with Crippen LogP contribution in [0.15, 0.2) is 18.2 Å². The molecule has 0 radical (unpaired) electrons. The van der Waals surface area contributed by atoms with Gasteiger partial charge in [-0.15, -0.1) is 0 Å². The third-order valence-electron chi connectivity index (χ3n) is 3.60. The van der Waals surface area contributed by atoms with Gasteiger partial charge < -0.3 is 10.0 Å². The molecule has 0 bridgehead atoms. The molecule has 1 heterocycles. The number of phenols is 1. The number of carbonyl (C=O) groups excluding carboxylic acids is 1. The quantitative estimate of drug-likeness (QED) is 0.913. The lowest BCUT2D eigenvalue weighted by Crippen LogP contribution is -2.50. The smallest absolute Gasteiger partial charge is 0.255 e. The molecule has 0 aliphatic carbocycles. The Balaban J connectivity index is 2.35. The van der Waals surface area contributed by atoms with Crippen molar-refractivity contribution in [1.82, 2.24) is 4.90 Å². The van der Waals surface area contributed by atoms with E-state index in [2.05, 4.69) is 0 Å². The fourth-order valence-electron chi connectivity index (χ4n) is 2.35. The maximum absolute atomic E-state index is 12.7. The van der Waals surface area contributed by atoms with Gasteiger partial charge in [-0.05, 0) is 30.7 Å². The number of aromatic hydroxyl groups is 1. The Labute approximate surface area is 129 Å². The summed E-state index contributed by atoms with van der Waals surface area (Å²) in [7, 11) is -3.31. The zero-order valence-corrected chi connectivity index (χ0v) is 13.7. The minimum atomic E-state index is -3.31. The van der Waals surface area contributed by atoms with Crippen LogP contribution in [0, 0.1) is 6.92 Å². The lowest BCUT2D eigenvalue weighted by molar-refractivity contribution is 0.0748. The number of benzene rings is 1. The number of phenolic OH excluding ortho intramolecular Hbond substituents is 1. The van der Waals surface area contributed by atoms with E-state index in [1.54, 1.807) is 31.7 Å². The number of hydrogen-bond donors (Lipinski definition) is 1. The monoisotopic (exact) mass is 329 g/mol. The van der Waals surface area contributed by atoms with Gasteiger partial charge >= 0.3 is 0 Å². The third-order valence-corrected chi connectivity index (χ3v) is 6.89. The van der Waals surface area contributed by atoms with Crippen molar-refractivity contribution in [3.63, 3.8) is 0 Å². The number of rotatable bonds is 3. The maximum Gasteiger partial charge on any atom is 0.255 e. The maximum atomic E-state index is 12.7. The van der Waals surface area contributed by atoms with Crippen molar-refractivity contribution < 1.29 is 18.3 Å². The first-order valence-electron chi connectivity index (χ1n) is 6.76. The van der Waals surface area contributed by atoms with Gasteiger partial charge in [0, 0.05) is 29.4 Å². The highest BCUT2D eigenvalue weighted by molar-refractivity contribution is 8.01. The summed E-state index contributed by atoms with van der Waals surface area (Å²) >= 11 is 1.56. The predicted octanol–water partition coefficient (Wildman–Crippen LogP) is 1.65. The molecular weight excluding hydrogens is 310 g/mol. The van der Waals surface area contributed by atoms with E-state index in [1.807, 2.05) is 0 Å². The first-order chi connectivity index (χ1) is 9.86. The van der Waals surface area contributed by atoms with E-state index in [9.17, 15) is 18.3 Å². The summed E-state index contributed by atoms with van der Waals surface area (Å²) in [5.74, 6) is 0.986. The number of aryl methyl sites for hydroxylation is 1. The van der Waals surface area contributed by atoms with E-state index in [1.165, 1.54) is 17.0 Å². The highest BCUT2D eigenvalue weighted by Gasteiger charge is 2.36. The third kappa shape index (κ3) is 3.35. The largest absolute Gasteiger partial charge is 0.508 e. The van der Waals surface area contributed by atoms with E-state index in [0.717, 1.165) is 5.75 Å². The van der Waals surface area contributed by atoms with Crippen LogP contribution in [0.3, 0.4) is 0 Å². The van der Waals surface area contributed by atoms with Gasteiger partial charge in [-0.25, -0.2) is 8.42 Å². The first kappa shape index (κ1) is 16.2. The van der Waals surface area contributed by atoms with E-state index in [0.29, 0.717) is 23.4 Å². The zero-order valence-electron chi connectivity index (χ0n) is 12.1. The topological polar surface area (TPSA) is 74.7 Å². The van der Waals surface area contributed by atoms with Gasteiger partial charge in [-0.2, -0.15) is 11.8 Å². The molecule has 116 valence electrons. The van der Waals surface area contributed by atoms with Crippen LogP contribution < -0.4 is 0 Å². The second-order valence-corrected chi connectivity index (χ2v) is 8.58. The van der Waals surface area contributed by atoms with Crippen molar-refractivity contribution in [1.29, 1.82) is 0 Å². The molecule has 1 aromatic rings. The molecule has 1 aromatic carbocycles. The first-order valence-corrected chi connectivity index (χ1v) is 9.63. The van der Waals surface area contributed by atoms with E-state index in [-0.39, 0.29) is 17.4 Å². The normalized spacial score (nSPS) is 19.5. The van der Waals surface area contributed by atoms with Crippen LogP contribution in [0.1, 0.15) is 22.8 Å². The number of thioether (sulfide) groups is 1. The Kier molecular flexibility index (Phi) is 4.83. The van der Waals surface area contributed by atoms with Crippen LogP contribution in [-0.2, 0) is 9.84 Å². The van der Waals surface area contributed by atoms with Crippen LogP contribution in [-0.4, -0.2) is 53.5 Å². The number of hydrogen-bond acceptors (Lipinski definition) is 5. The Morgan fingerprint density at radius 3 is 2.81 bits per heavy atom. The van der Waals surface area contributed by atoms with Crippen LogP contribution in [0.2, 0.25) is 0 Å². The molecule has 0 spiro atoms. The molecule has 1 N–H and O–H groups in total. The van der Waals surface area contributed by atoms with E-state index in [4.69, 9.17) is 0 Å². The van der Waals surface area contributed by atoms with Crippen molar-refractivity contribution in [3.05, 3.63) is 29.3 Å². The molecule has 7 heteroatoms. The molecule has 1 fully saturated rings. The Bertz CT molecular complexity index is 642. The van der Waals surface area contributed by atoms with Crippen LogP contribution >= 0.6 is 11.8 Å². The molecule has 1 amide bonds. The molecule has 1 atom stereocenters. The molecule has 0 saturated carbocycles. The number of sulfone groups is 1. The second kappa shape index (κ2) is 6.27. The van der Waals surface area contributed by atoms with E-state index < -0.39 is 15.2 Å². The van der Waals surface area contributed by atoms with Crippen LogP contribution in [0.4, 0.5) is 0 Å². The average molecular weight is 329 g/mol. The van der Waals surface area contributed by atoms with Gasteiger partial charge in [0.15, 0.2) is 9.84 Å². The summed E-state index contributed by atoms with van der Waals surface area (Å²) < 4.78 is 24.4. The summed E-state index contributed by atoms with van der Waals surface area (Å²) in [4.78, 5) is 14.1. The van der Waals surface area contributed by atoms with Gasteiger partial charge in [-0.1, -0.05) is 6.92 Å². The highest BCUT2D eigenvalue weighted by Crippen LogP contribution is 2.25. The van der Waals surface area contributed by atoms with Gasteiger partial charge in [0.2, 0.25) is 0 Å². The Morgan fingerprint density at radius 2 is 2.19 bits per heavy atom. The predicted molar refractivity (Wildman–Crippen MR) is 84.5 cm³/mol. The summed E-state index contributed by atoms with van der Waals surface area (Å²) in [6.45, 7) is 3.76. The van der Waals surface area contributed by atoms with Crippen molar-refractivity contribution in [3.8, 4) is 5.75 Å². The lowest BCUT2D eigenvalue weighted by atomic mass is 10.1. The fourth-order valence-corrected chi connectivity index (χ4v) is 5.31. The molecule has 21 heavy (non-hydrogen) atoms. The zero-order chi connectivity index (χ0) is 15.6. The van der Waals surface area contributed by atoms with Crippen molar-refractivity contribution in [2.45, 2.75) is 19.2 Å². The second-order valence-electron chi connectivity index (χ2n) is 4.98. The number of amides is 1. The van der Waals surface area contributed by atoms with Crippen LogP contribution in [0.5, 0.6) is 5.75 Å². The fraction of sp³-hybridized carbons (Fsp3) is 0.500. The van der Waals surface area contributed by atoms with E-state index >= 15 is 0 Å². The van der Waals surface area contributed by atoms with Gasteiger partial charge in [-0.3, -0.25) is 4.79 Å². The molecule has 1 saturated heterocycles. The summed E-state index contributed by atoms with van der Waals surface area (Å²) in [5, 5.41) is 8.66. The lowest BCUT2D eigenvalue weighted by Gasteiger charge is -2.35. The van der Waals surface area contributed by atoms with Crippen molar-refractivity contribution >= 4 is 27.5 Å². The number of nitrogens with zero attached hydrogens (tertiary/aromatic N) is 1. The molecule has 1 aliphatic heterocycles. The SMILES string of the molecule is CCS(=O)(=O)C1CSCCN1C(=O)c1ccc(O)cc1C. The van der Waals surface area contributed by atoms with Gasteiger partial charge in [0.05, 0.1) is 0 Å². The van der Waals surface area contributed by atoms with Crippen LogP contribution in [0.25, 0.3) is 0 Å². The molecule has 1 unspecified atom stereocenters. The average Bonchev–Trinajstić information content (AvgIpc) is 2.46. The van der Waals surface area contributed by atoms with Crippen molar-refractivity contribution in [2.24, 2.45) is 0 Å². The molecule has 0 aromatic heterocycles. The summed E-state index contributed by atoms with van der Waals surface area (Å²) in [6, 6.07) is 4.50. The standard InChI is InChI=1S/C14H19NO4S2/c1-3-21(18,19)13-9-20-7-6-15(13)14(17)12-5-4-11(16)8-10(12)2/h4-5,8,13,16H,3,6-7,9H2,1-2H3. The Morgan fingerprint density at radius 1 is 1.48 bits per heavy atom. The van der Waals surface area contributed by atoms with Gasteiger partial charge in [0.1, 0.15) is 11.1 Å². The molecule has 1 aliphatic rings. The number of carbonyl (C=O) groups is 1. The minimum Gasteiger partial charge on any atom is -0.508 e. The molecule has 5 nitrogen and oxygen atoms in total.